The minimum atomic E-state index is -2.73. The normalized spacial score (nSPS) is 11.9. The van der Waals surface area contributed by atoms with Crippen LogP contribution in [-0.4, -0.2) is 14.4 Å². The van der Waals surface area contributed by atoms with Crippen LogP contribution >= 0.6 is 0 Å². The number of rotatable bonds is 6. The van der Waals surface area contributed by atoms with E-state index in [-0.39, 0.29) is 0 Å². The SMILES string of the molecule is Fc1c(F)c(F)c(-c2c3nc(c(-c4c(F)c(F)c(F)c(F)c4F)c4ccc([n-]4)c(-c4c(F)c(F)c(F)c(F)c4F)c4nc(c(-c5c(F)c(F)c(F)c(F)c5F)c5ccc2[n-]5)C=C4)C=C3)c(F)c1F.[Fe]=[C](c1ccccc1)c1ccccc1. The Morgan fingerprint density at radius 2 is 0.427 bits per heavy atom. The molecule has 9 aromatic rings. The molecule has 0 fully saturated rings. The van der Waals surface area contributed by atoms with Crippen LogP contribution in [0.15, 0.2) is 84.9 Å². The molecule has 0 unspecified atom stereocenters. The Hall–Kier alpha value is -9.09. The second-order valence-electron chi connectivity index (χ2n) is 17.2. The Morgan fingerprint density at radius 1 is 0.244 bits per heavy atom. The van der Waals surface area contributed by atoms with Gasteiger partial charge < -0.3 is 9.97 Å². The third kappa shape index (κ3) is 9.12. The fourth-order valence-electron chi connectivity index (χ4n) is 8.74. The predicted molar refractivity (Wildman–Crippen MR) is 254 cm³/mol. The zero-order valence-electron chi connectivity index (χ0n) is 39.6. The van der Waals surface area contributed by atoms with Gasteiger partial charge in [0.15, 0.2) is 93.1 Å². The van der Waals surface area contributed by atoms with E-state index >= 15 is 35.1 Å². The summed E-state index contributed by atoms with van der Waals surface area (Å²) in [6, 6.07) is 22.7. The fourth-order valence-corrected chi connectivity index (χ4v) is 9.11. The van der Waals surface area contributed by atoms with Crippen molar-refractivity contribution in [2.45, 2.75) is 0 Å². The number of hydrogen-bond acceptors (Lipinski definition) is 2. The van der Waals surface area contributed by atoms with Crippen LogP contribution in [0.25, 0.3) is 90.9 Å². The molecule has 6 aromatic carbocycles. The Labute approximate surface area is 452 Å². The summed E-state index contributed by atoms with van der Waals surface area (Å²) >= 11 is 4.10. The van der Waals surface area contributed by atoms with Crippen molar-refractivity contribution in [1.29, 1.82) is 0 Å². The molecular weight excluding hydrogens is 1180 g/mol. The summed E-state index contributed by atoms with van der Waals surface area (Å²) in [6.45, 7) is 0. The summed E-state index contributed by atoms with van der Waals surface area (Å²) in [5, 5.41) is 0. The van der Waals surface area contributed by atoms with E-state index < -0.39 is 206 Å². The number of fused-ring (bicyclic) bond motifs is 8. The number of hydrogen-bond donors (Lipinski definition) is 0. The van der Waals surface area contributed by atoms with Gasteiger partial charge in [0.05, 0.1) is 45.0 Å². The van der Waals surface area contributed by atoms with Crippen molar-refractivity contribution in [3.8, 4) is 44.5 Å². The molecule has 0 atom stereocenters. The first kappa shape index (κ1) is 56.2. The first-order chi connectivity index (χ1) is 39.0. The molecule has 3 aromatic heterocycles. The molecule has 2 aliphatic heterocycles. The molecule has 0 spiro atoms. The molecule has 2 aliphatic rings. The molecule has 82 heavy (non-hydrogen) atoms. The van der Waals surface area contributed by atoms with Gasteiger partial charge in [-0.05, 0) is 46.6 Å². The zero-order valence-corrected chi connectivity index (χ0v) is 40.7. The second kappa shape index (κ2) is 21.4. The van der Waals surface area contributed by atoms with Gasteiger partial charge in [0.2, 0.25) is 23.3 Å². The van der Waals surface area contributed by atoms with Crippen molar-refractivity contribution >= 4 is 50.8 Å². The van der Waals surface area contributed by atoms with Gasteiger partial charge in [-0.1, -0.05) is 24.3 Å². The van der Waals surface area contributed by atoms with Gasteiger partial charge in [0.1, 0.15) is 0 Å². The maximum atomic E-state index is 15.8. The predicted octanol–water partition coefficient (Wildman–Crippen LogP) is 16.2. The minimum absolute atomic E-state index is 0.566. The van der Waals surface area contributed by atoms with Gasteiger partial charge in [0, 0.05) is 0 Å². The summed E-state index contributed by atoms with van der Waals surface area (Å²) in [6.07, 6.45) is 2.26. The van der Waals surface area contributed by atoms with Crippen LogP contribution in [-0.2, 0) is 15.6 Å². The molecule has 0 N–H and O–H groups in total. The number of benzene rings is 6. The van der Waals surface area contributed by atoms with Crippen molar-refractivity contribution in [2.75, 3.05) is 0 Å². The quantitative estimate of drug-likeness (QED) is 0.0721. The molecule has 416 valence electrons. The summed E-state index contributed by atoms with van der Waals surface area (Å²) in [5.41, 5.74) is -19.2. The first-order valence-electron chi connectivity index (χ1n) is 22.7. The fraction of sp³-hybridized carbons (Fsp3) is 0. The van der Waals surface area contributed by atoms with Crippen LogP contribution < -0.4 is 9.97 Å². The van der Waals surface area contributed by atoms with Crippen LogP contribution in [0.3, 0.4) is 0 Å². The average Bonchev–Trinajstić information content (AvgIpc) is 3.65. The van der Waals surface area contributed by atoms with Gasteiger partial charge in [-0.25, -0.2) is 97.8 Å². The summed E-state index contributed by atoms with van der Waals surface area (Å²) < 4.78 is 304. The Kier molecular flexibility index (Phi) is 14.7. The van der Waals surface area contributed by atoms with Gasteiger partial charge in [-0.3, -0.25) is 0 Å². The van der Waals surface area contributed by atoms with Crippen LogP contribution in [0, 0.1) is 116 Å². The van der Waals surface area contributed by atoms with E-state index in [1.54, 1.807) is 0 Å². The van der Waals surface area contributed by atoms with Crippen LogP contribution in [0.5, 0.6) is 0 Å². The molecule has 4 nitrogen and oxygen atoms in total. The molecule has 0 saturated carbocycles. The van der Waals surface area contributed by atoms with Gasteiger partial charge in [-0.15, -0.1) is 22.1 Å². The van der Waals surface area contributed by atoms with Crippen molar-refractivity contribution in [3.05, 3.63) is 235 Å². The Balaban J connectivity index is 0.000000467. The summed E-state index contributed by atoms with van der Waals surface area (Å²) in [4.78, 5) is 15.6. The van der Waals surface area contributed by atoms with E-state index in [0.717, 1.165) is 4.42 Å². The number of halogens is 20. The molecule has 0 amide bonds. The van der Waals surface area contributed by atoms with Gasteiger partial charge >= 0.3 is 91.8 Å². The van der Waals surface area contributed by atoms with Crippen molar-refractivity contribution in [1.82, 2.24) is 19.9 Å². The van der Waals surface area contributed by atoms with E-state index in [1.165, 1.54) is 11.1 Å². The monoisotopic (exact) mass is 1190 g/mol. The molecule has 0 aliphatic carbocycles. The van der Waals surface area contributed by atoms with E-state index in [1.807, 2.05) is 36.4 Å². The standard InChI is InChI=1S/C44H8F20N4.C13H10.Fe/c45-25-21(26(46)34(54)41(61)33(25)53)17-9-1-2-10(65-9)18(22-27(47)35(55)42(62)36(56)28(22)48)12-5-6-14(67-12)20(24-31(51)39(59)44(64)40(60)32(24)52)16-8-7-15(68-16)19(13-4-3-11(17)66-13)23-29(49)37(57)43(63)38(58)30(23)50;1-3-7-12(8-4-1)11-13-9-5-2-6-10-13;/h1-8H;1-10H;/q-2;;. The summed E-state index contributed by atoms with van der Waals surface area (Å²) in [5.74, 6) is -53.1. The molecule has 0 radical (unpaired) electrons. The number of aromatic nitrogens is 4. The third-order valence-corrected chi connectivity index (χ3v) is 13.1. The summed E-state index contributed by atoms with van der Waals surface area (Å²) in [7, 11) is 0. The van der Waals surface area contributed by atoms with E-state index in [2.05, 4.69) is 59.8 Å². The average molecular weight is 1190 g/mol. The third-order valence-electron chi connectivity index (χ3n) is 12.5. The topological polar surface area (TPSA) is 54.0 Å². The van der Waals surface area contributed by atoms with Crippen molar-refractivity contribution < 1.29 is 103 Å². The molecule has 25 heteroatoms. The maximum absolute atomic E-state index is 15.8. The van der Waals surface area contributed by atoms with Gasteiger partial charge in [0.25, 0.3) is 0 Å². The van der Waals surface area contributed by atoms with Crippen LogP contribution in [0.2, 0.25) is 0 Å². The van der Waals surface area contributed by atoms with Crippen molar-refractivity contribution in [3.63, 3.8) is 0 Å². The molecular formula is C57H18F20FeN4-2. The Morgan fingerprint density at radius 3 is 0.622 bits per heavy atom. The zero-order chi connectivity index (χ0) is 59.1. The second-order valence-corrected chi connectivity index (χ2v) is 17.7. The van der Waals surface area contributed by atoms with Gasteiger partial charge in [-0.2, -0.15) is 0 Å². The van der Waals surface area contributed by atoms with E-state index in [9.17, 15) is 52.7 Å². The van der Waals surface area contributed by atoms with E-state index in [0.29, 0.717) is 48.6 Å². The molecule has 8 bridgehead atoms. The van der Waals surface area contributed by atoms with Crippen molar-refractivity contribution in [2.24, 2.45) is 0 Å². The molecule has 0 saturated heterocycles. The van der Waals surface area contributed by atoms with E-state index in [4.69, 9.17) is 0 Å². The first-order valence-corrected chi connectivity index (χ1v) is 23.3. The van der Waals surface area contributed by atoms with Crippen LogP contribution in [0.1, 0.15) is 33.9 Å². The van der Waals surface area contributed by atoms with Crippen LogP contribution in [0.4, 0.5) is 87.8 Å². The Bertz CT molecular complexity index is 3850. The molecule has 11 rings (SSSR count). The number of nitrogens with zero attached hydrogens (tertiary/aromatic N) is 4. The molecule has 5 heterocycles.